The molecule has 3 rings (SSSR count). The highest BCUT2D eigenvalue weighted by Crippen LogP contribution is 2.22. The molecule has 0 saturated carbocycles. The van der Waals surface area contributed by atoms with Crippen molar-refractivity contribution in [1.82, 2.24) is 25.3 Å². The predicted molar refractivity (Wildman–Crippen MR) is 126 cm³/mol. The number of rotatable bonds is 8. The van der Waals surface area contributed by atoms with Crippen molar-refractivity contribution < 1.29 is 5.11 Å². The number of piperidine rings is 1. The summed E-state index contributed by atoms with van der Waals surface area (Å²) < 4.78 is 1.69. The molecule has 8 heteroatoms. The van der Waals surface area contributed by atoms with Gasteiger partial charge < -0.3 is 15.7 Å². The number of aromatic nitrogens is 2. The van der Waals surface area contributed by atoms with Crippen LogP contribution in [0.1, 0.15) is 37.8 Å². The summed E-state index contributed by atoms with van der Waals surface area (Å²) in [5.74, 6) is 1.34. The molecule has 2 aromatic rings. The highest BCUT2D eigenvalue weighted by molar-refractivity contribution is 6.31. The van der Waals surface area contributed by atoms with E-state index in [1.54, 1.807) is 17.8 Å². The molecule has 1 aliphatic rings. The lowest BCUT2D eigenvalue weighted by molar-refractivity contribution is 0.0671. The van der Waals surface area contributed by atoms with Crippen LogP contribution in [0.5, 0.6) is 0 Å². The first-order valence-electron chi connectivity index (χ1n) is 11.1. The molecule has 1 unspecified atom stereocenters. The fraction of sp³-hybridized carbons (Fsp3) is 0.565. The van der Waals surface area contributed by atoms with E-state index >= 15 is 0 Å². The Bertz CT molecular complexity index is 857. The van der Waals surface area contributed by atoms with Gasteiger partial charge in [-0.25, -0.2) is 4.99 Å². The SMILES string of the molecule is CCNC(=NCC(C)(O)c1cnn(C)c1)NCC1CCN(Cc2ccccc2Cl)CC1. The van der Waals surface area contributed by atoms with Crippen LogP contribution in [-0.2, 0) is 19.2 Å². The first kappa shape index (κ1) is 23.6. The molecule has 1 aliphatic heterocycles. The van der Waals surface area contributed by atoms with Gasteiger partial charge in [0.05, 0.1) is 12.7 Å². The number of halogens is 1. The first-order chi connectivity index (χ1) is 14.9. The van der Waals surface area contributed by atoms with Crippen molar-refractivity contribution in [2.24, 2.45) is 18.0 Å². The molecular formula is C23H35ClN6O. The van der Waals surface area contributed by atoms with E-state index in [1.807, 2.05) is 38.4 Å². The van der Waals surface area contributed by atoms with Crippen molar-refractivity contribution in [2.75, 3.05) is 32.7 Å². The summed E-state index contributed by atoms with van der Waals surface area (Å²) in [6, 6.07) is 8.09. The van der Waals surface area contributed by atoms with Crippen LogP contribution in [0.25, 0.3) is 0 Å². The maximum atomic E-state index is 10.8. The van der Waals surface area contributed by atoms with Gasteiger partial charge in [-0.1, -0.05) is 29.8 Å². The third kappa shape index (κ3) is 6.95. The largest absolute Gasteiger partial charge is 0.383 e. The molecule has 3 N–H and O–H groups in total. The Balaban J connectivity index is 1.47. The Morgan fingerprint density at radius 2 is 2.03 bits per heavy atom. The Kier molecular flexibility index (Phi) is 8.35. The number of nitrogens with one attached hydrogen (secondary N) is 2. The van der Waals surface area contributed by atoms with Crippen LogP contribution >= 0.6 is 11.6 Å². The minimum Gasteiger partial charge on any atom is -0.383 e. The summed E-state index contributed by atoms with van der Waals surface area (Å²) in [7, 11) is 1.84. The Morgan fingerprint density at radius 3 is 2.68 bits per heavy atom. The molecule has 1 saturated heterocycles. The second kappa shape index (κ2) is 11.0. The number of likely N-dealkylation sites (tertiary alicyclic amines) is 1. The van der Waals surface area contributed by atoms with E-state index in [0.717, 1.165) is 62.1 Å². The van der Waals surface area contributed by atoms with Crippen molar-refractivity contribution in [2.45, 2.75) is 38.8 Å². The number of aryl methyl sites for hydroxylation is 1. The lowest BCUT2D eigenvalue weighted by Crippen LogP contribution is -2.43. The van der Waals surface area contributed by atoms with E-state index in [2.05, 4.69) is 31.7 Å². The van der Waals surface area contributed by atoms with Gasteiger partial charge in [-0.3, -0.25) is 9.58 Å². The molecule has 31 heavy (non-hydrogen) atoms. The molecule has 0 amide bonds. The lowest BCUT2D eigenvalue weighted by atomic mass is 9.96. The van der Waals surface area contributed by atoms with E-state index in [1.165, 1.54) is 5.56 Å². The standard InChI is InChI=1S/C23H35ClN6O/c1-4-25-22(27-17-23(2,31)20-14-28-29(3)16-20)26-13-18-9-11-30(12-10-18)15-19-7-5-6-8-21(19)24/h5-8,14,16,18,31H,4,9-13,15,17H2,1-3H3,(H2,25,26,27). The molecule has 1 aromatic heterocycles. The quantitative estimate of drug-likeness (QED) is 0.429. The van der Waals surface area contributed by atoms with E-state index in [-0.39, 0.29) is 6.54 Å². The van der Waals surface area contributed by atoms with Crippen LogP contribution in [0, 0.1) is 5.92 Å². The monoisotopic (exact) mass is 446 g/mol. The highest BCUT2D eigenvalue weighted by atomic mass is 35.5. The topological polar surface area (TPSA) is 77.7 Å². The number of hydrogen-bond donors (Lipinski definition) is 3. The van der Waals surface area contributed by atoms with Crippen LogP contribution in [-0.4, -0.2) is 58.5 Å². The van der Waals surface area contributed by atoms with Crippen molar-refractivity contribution >= 4 is 17.6 Å². The van der Waals surface area contributed by atoms with Gasteiger partial charge in [0.1, 0.15) is 5.60 Å². The number of hydrogen-bond acceptors (Lipinski definition) is 4. The minimum atomic E-state index is -1.05. The summed E-state index contributed by atoms with van der Waals surface area (Å²) >= 11 is 6.31. The summed E-state index contributed by atoms with van der Waals surface area (Å²) in [6.07, 6.45) is 5.80. The predicted octanol–water partition coefficient (Wildman–Crippen LogP) is 2.75. The third-order valence-electron chi connectivity index (χ3n) is 5.83. The average molecular weight is 447 g/mol. The Hall–Kier alpha value is -2.09. The zero-order chi connectivity index (χ0) is 22.3. The van der Waals surface area contributed by atoms with Gasteiger partial charge in [0.25, 0.3) is 0 Å². The van der Waals surface area contributed by atoms with Crippen molar-refractivity contribution in [1.29, 1.82) is 0 Å². The fourth-order valence-electron chi connectivity index (χ4n) is 3.82. The molecule has 1 atom stereocenters. The van der Waals surface area contributed by atoms with E-state index in [0.29, 0.717) is 5.92 Å². The van der Waals surface area contributed by atoms with Crippen LogP contribution in [0.4, 0.5) is 0 Å². The second-order valence-corrected chi connectivity index (χ2v) is 8.97. The first-order valence-corrected chi connectivity index (χ1v) is 11.4. The zero-order valence-electron chi connectivity index (χ0n) is 18.8. The van der Waals surface area contributed by atoms with Crippen LogP contribution in [0.3, 0.4) is 0 Å². The number of aliphatic hydroxyl groups is 1. The summed E-state index contributed by atoms with van der Waals surface area (Å²) in [4.78, 5) is 7.09. The molecule has 7 nitrogen and oxygen atoms in total. The Labute approximate surface area is 190 Å². The summed E-state index contributed by atoms with van der Waals surface area (Å²) in [5, 5.41) is 22.5. The number of aliphatic imine (C=N–C) groups is 1. The smallest absolute Gasteiger partial charge is 0.191 e. The maximum absolute atomic E-state index is 10.8. The van der Waals surface area contributed by atoms with Crippen molar-refractivity contribution in [3.63, 3.8) is 0 Å². The molecule has 0 bridgehead atoms. The van der Waals surface area contributed by atoms with Gasteiger partial charge in [-0.05, 0) is 57.3 Å². The average Bonchev–Trinajstić information content (AvgIpc) is 3.20. The van der Waals surface area contributed by atoms with E-state index in [4.69, 9.17) is 11.6 Å². The Morgan fingerprint density at radius 1 is 1.29 bits per heavy atom. The van der Waals surface area contributed by atoms with Gasteiger partial charge in [0, 0.05) is 43.5 Å². The highest BCUT2D eigenvalue weighted by Gasteiger charge is 2.25. The van der Waals surface area contributed by atoms with Gasteiger partial charge in [0.15, 0.2) is 5.96 Å². The molecule has 1 fully saturated rings. The van der Waals surface area contributed by atoms with Crippen LogP contribution < -0.4 is 10.6 Å². The van der Waals surface area contributed by atoms with Gasteiger partial charge in [0.2, 0.25) is 0 Å². The maximum Gasteiger partial charge on any atom is 0.191 e. The minimum absolute atomic E-state index is 0.268. The lowest BCUT2D eigenvalue weighted by Gasteiger charge is -2.32. The fourth-order valence-corrected chi connectivity index (χ4v) is 4.02. The zero-order valence-corrected chi connectivity index (χ0v) is 19.6. The second-order valence-electron chi connectivity index (χ2n) is 8.56. The van der Waals surface area contributed by atoms with E-state index in [9.17, 15) is 5.11 Å². The molecule has 2 heterocycles. The normalized spacial score (nSPS) is 18.0. The van der Waals surface area contributed by atoms with Gasteiger partial charge >= 0.3 is 0 Å². The summed E-state index contributed by atoms with van der Waals surface area (Å²) in [5.41, 5.74) is 0.907. The summed E-state index contributed by atoms with van der Waals surface area (Å²) in [6.45, 7) is 8.78. The van der Waals surface area contributed by atoms with E-state index < -0.39 is 5.60 Å². The van der Waals surface area contributed by atoms with Crippen molar-refractivity contribution in [3.8, 4) is 0 Å². The molecule has 0 aliphatic carbocycles. The van der Waals surface area contributed by atoms with Gasteiger partial charge in [-0.2, -0.15) is 5.10 Å². The van der Waals surface area contributed by atoms with Crippen LogP contribution in [0.2, 0.25) is 5.02 Å². The molecular weight excluding hydrogens is 412 g/mol. The van der Waals surface area contributed by atoms with Crippen molar-refractivity contribution in [3.05, 3.63) is 52.8 Å². The third-order valence-corrected chi connectivity index (χ3v) is 6.20. The molecule has 170 valence electrons. The number of guanidine groups is 1. The van der Waals surface area contributed by atoms with Crippen LogP contribution in [0.15, 0.2) is 41.7 Å². The molecule has 0 spiro atoms. The molecule has 1 aromatic carbocycles. The number of benzene rings is 1. The van der Waals surface area contributed by atoms with Gasteiger partial charge in [-0.15, -0.1) is 0 Å². The molecule has 0 radical (unpaired) electrons. The number of nitrogens with zero attached hydrogens (tertiary/aromatic N) is 4.